The van der Waals surface area contributed by atoms with Crippen molar-refractivity contribution < 1.29 is 23.1 Å². The molecule has 1 fully saturated rings. The quantitative estimate of drug-likeness (QED) is 0.439. The van der Waals surface area contributed by atoms with Crippen molar-refractivity contribution in [1.82, 2.24) is 4.72 Å². The van der Waals surface area contributed by atoms with Gasteiger partial charge in [0.2, 0.25) is 10.0 Å². The monoisotopic (exact) mass is 586 g/mol. The number of nitrogens with one attached hydrogen (secondary N) is 1. The molecule has 40 heavy (non-hydrogen) atoms. The number of carbonyl (C=O) groups is 1. The first-order valence-electron chi connectivity index (χ1n) is 14.6. The molecule has 2 aliphatic heterocycles. The molecule has 4 atom stereocenters. The van der Waals surface area contributed by atoms with Crippen LogP contribution in [0.4, 0.5) is 5.69 Å². The summed E-state index contributed by atoms with van der Waals surface area (Å²) in [7, 11) is -3.76. The van der Waals surface area contributed by atoms with E-state index in [2.05, 4.69) is 21.8 Å². The summed E-state index contributed by atoms with van der Waals surface area (Å²) in [6.45, 7) is 3.91. The van der Waals surface area contributed by atoms with Crippen LogP contribution in [0, 0.1) is 11.8 Å². The van der Waals surface area contributed by atoms with Gasteiger partial charge in [-0.2, -0.15) is 0 Å². The number of carbonyl (C=O) groups excluding carboxylic acids is 1. The molecule has 0 unspecified atom stereocenters. The highest BCUT2D eigenvalue weighted by molar-refractivity contribution is 7.90. The molecule has 2 heterocycles. The summed E-state index contributed by atoms with van der Waals surface area (Å²) >= 11 is 6.38. The second kappa shape index (κ2) is 10.5. The minimum atomic E-state index is -3.76. The highest BCUT2D eigenvalue weighted by Crippen LogP contribution is 2.48. The zero-order valence-corrected chi connectivity index (χ0v) is 24.7. The van der Waals surface area contributed by atoms with Crippen LogP contribution in [0.25, 0.3) is 0 Å². The van der Waals surface area contributed by atoms with Gasteiger partial charge < -0.3 is 14.7 Å². The normalized spacial score (nSPS) is 32.1. The van der Waals surface area contributed by atoms with Gasteiger partial charge in [0.25, 0.3) is 5.91 Å². The number of fused-ring (bicyclic) bond motifs is 4. The zero-order valence-electron chi connectivity index (χ0n) is 23.1. The molecule has 1 saturated carbocycles. The number of aryl methyl sites for hydroxylation is 1. The maximum Gasteiger partial charge on any atom is 0.264 e. The van der Waals surface area contributed by atoms with Crippen LogP contribution < -0.4 is 14.4 Å². The van der Waals surface area contributed by atoms with Gasteiger partial charge in [0.15, 0.2) is 0 Å². The fourth-order valence-corrected chi connectivity index (χ4v) is 8.81. The van der Waals surface area contributed by atoms with Gasteiger partial charge in [-0.25, -0.2) is 13.1 Å². The number of hydrogen-bond acceptors (Lipinski definition) is 6. The van der Waals surface area contributed by atoms with Crippen LogP contribution in [0.15, 0.2) is 36.4 Å². The number of ether oxygens (including phenoxy) is 1. The Morgan fingerprint density at radius 3 is 2.73 bits per heavy atom. The van der Waals surface area contributed by atoms with Crippen LogP contribution in [-0.2, 0) is 21.9 Å². The molecule has 2 aromatic rings. The molecule has 1 spiro atoms. The van der Waals surface area contributed by atoms with Crippen molar-refractivity contribution in [2.24, 2.45) is 11.8 Å². The highest BCUT2D eigenvalue weighted by Gasteiger charge is 2.46. The van der Waals surface area contributed by atoms with E-state index < -0.39 is 21.5 Å². The summed E-state index contributed by atoms with van der Waals surface area (Å²) in [6.07, 6.45) is 7.56. The number of halogens is 1. The molecule has 9 heteroatoms. The molecule has 2 aliphatic carbocycles. The first-order chi connectivity index (χ1) is 19.1. The summed E-state index contributed by atoms with van der Waals surface area (Å²) < 4.78 is 34.1. The number of benzene rings is 2. The Morgan fingerprint density at radius 2 is 1.93 bits per heavy atom. The lowest BCUT2D eigenvalue weighted by atomic mass is 9.63. The van der Waals surface area contributed by atoms with Gasteiger partial charge in [-0.3, -0.25) is 4.79 Å². The molecule has 2 N–H and O–H groups in total. The average molecular weight is 587 g/mol. The van der Waals surface area contributed by atoms with Gasteiger partial charge in [0.05, 0.1) is 23.6 Å². The van der Waals surface area contributed by atoms with E-state index in [9.17, 15) is 18.3 Å². The van der Waals surface area contributed by atoms with Crippen molar-refractivity contribution in [3.05, 3.63) is 58.1 Å². The van der Waals surface area contributed by atoms with Crippen molar-refractivity contribution in [2.75, 3.05) is 30.3 Å². The Morgan fingerprint density at radius 1 is 1.07 bits per heavy atom. The topological polar surface area (TPSA) is 95.9 Å². The van der Waals surface area contributed by atoms with Gasteiger partial charge in [0, 0.05) is 29.1 Å². The third-order valence-corrected chi connectivity index (χ3v) is 11.4. The second-order valence-electron chi connectivity index (χ2n) is 12.6. The van der Waals surface area contributed by atoms with Crippen molar-refractivity contribution in [3.8, 4) is 5.75 Å². The first-order valence-corrected chi connectivity index (χ1v) is 16.7. The SMILES string of the molecule is C[C@@]1(O)CCCCCS(=O)(=O)NC(=O)c2ccc3c(c2)N(C[C@@H]2CC[C@H]21)C[C@@]1(CCCc2cc(Cl)ccc21)CO3. The predicted molar refractivity (Wildman–Crippen MR) is 157 cm³/mol. The summed E-state index contributed by atoms with van der Waals surface area (Å²) in [4.78, 5) is 15.4. The van der Waals surface area contributed by atoms with Crippen molar-refractivity contribution in [1.29, 1.82) is 0 Å². The number of anilines is 1. The van der Waals surface area contributed by atoms with E-state index in [0.717, 1.165) is 55.8 Å². The molecule has 216 valence electrons. The summed E-state index contributed by atoms with van der Waals surface area (Å²) in [5.41, 5.74) is 2.59. The molecule has 1 amide bonds. The van der Waals surface area contributed by atoms with Crippen molar-refractivity contribution >= 4 is 33.2 Å². The zero-order chi connectivity index (χ0) is 28.1. The van der Waals surface area contributed by atoms with Crippen LogP contribution in [0.3, 0.4) is 0 Å². The molecule has 4 aliphatic rings. The molecule has 0 radical (unpaired) electrons. The minimum Gasteiger partial charge on any atom is -0.490 e. The smallest absolute Gasteiger partial charge is 0.264 e. The van der Waals surface area contributed by atoms with E-state index in [-0.39, 0.29) is 17.1 Å². The van der Waals surface area contributed by atoms with Gasteiger partial charge in [0.1, 0.15) is 5.75 Å². The first kappa shape index (κ1) is 27.9. The molecule has 0 saturated heterocycles. The number of nitrogens with zero attached hydrogens (tertiary/aromatic N) is 1. The van der Waals surface area contributed by atoms with Crippen molar-refractivity contribution in [3.63, 3.8) is 0 Å². The summed E-state index contributed by atoms with van der Waals surface area (Å²) in [5.74, 6) is 0.463. The van der Waals surface area contributed by atoms with E-state index in [1.54, 1.807) is 18.2 Å². The fourth-order valence-electron chi connectivity index (χ4n) is 7.53. The van der Waals surface area contributed by atoms with Gasteiger partial charge >= 0.3 is 0 Å². The molecule has 2 bridgehead atoms. The Kier molecular flexibility index (Phi) is 7.33. The number of rotatable bonds is 0. The predicted octanol–water partition coefficient (Wildman–Crippen LogP) is 5.22. The third-order valence-electron chi connectivity index (χ3n) is 9.81. The third kappa shape index (κ3) is 5.35. The Hall–Kier alpha value is -2.29. The lowest BCUT2D eigenvalue weighted by Gasteiger charge is -2.49. The Bertz CT molecular complexity index is 1410. The van der Waals surface area contributed by atoms with Crippen LogP contribution in [0.2, 0.25) is 5.02 Å². The van der Waals surface area contributed by atoms with Crippen LogP contribution in [0.5, 0.6) is 5.75 Å². The molecule has 7 nitrogen and oxygen atoms in total. The van der Waals surface area contributed by atoms with E-state index in [1.807, 2.05) is 13.0 Å². The standard InChI is InChI=1S/C31H39ClN2O5S/c1-30(36)13-3-2-4-15-40(37,38)33-29(35)22-8-12-28-27(17-22)34(18-23-7-10-25(23)30)19-31(20-39-28)14-5-6-21-16-24(32)9-11-26(21)31/h8-9,11-12,16-17,23,25,36H,2-7,10,13-15,18-20H2,1H3,(H,33,35)/t23-,25+,30+,31-/m0/s1. The second-order valence-corrected chi connectivity index (χ2v) is 14.9. The van der Waals surface area contributed by atoms with E-state index in [4.69, 9.17) is 16.3 Å². The molecule has 6 rings (SSSR count). The van der Waals surface area contributed by atoms with E-state index in [0.29, 0.717) is 49.6 Å². The Balaban J connectivity index is 1.42. The number of amides is 1. The largest absolute Gasteiger partial charge is 0.490 e. The van der Waals surface area contributed by atoms with Crippen LogP contribution in [0.1, 0.15) is 79.8 Å². The van der Waals surface area contributed by atoms with E-state index in [1.165, 1.54) is 11.1 Å². The van der Waals surface area contributed by atoms with E-state index >= 15 is 0 Å². The number of aliphatic hydroxyl groups is 1. The fraction of sp³-hybridized carbons (Fsp3) is 0.581. The van der Waals surface area contributed by atoms with Crippen molar-refractivity contribution in [2.45, 2.75) is 75.7 Å². The summed E-state index contributed by atoms with van der Waals surface area (Å²) in [5, 5.41) is 12.2. The van der Waals surface area contributed by atoms with Gasteiger partial charge in [-0.05, 0) is 105 Å². The molecule has 2 aromatic carbocycles. The number of hydrogen-bond donors (Lipinski definition) is 2. The molecule has 0 aromatic heterocycles. The van der Waals surface area contributed by atoms with Gasteiger partial charge in [-0.15, -0.1) is 0 Å². The van der Waals surface area contributed by atoms with Gasteiger partial charge in [-0.1, -0.05) is 30.5 Å². The molecular weight excluding hydrogens is 548 g/mol. The maximum absolute atomic E-state index is 13.1. The van der Waals surface area contributed by atoms with Crippen LogP contribution >= 0.6 is 11.6 Å². The lowest BCUT2D eigenvalue weighted by Crippen LogP contribution is -2.52. The van der Waals surface area contributed by atoms with Crippen LogP contribution in [-0.4, -0.2) is 50.5 Å². The minimum absolute atomic E-state index is 0.112. The highest BCUT2D eigenvalue weighted by atomic mass is 35.5. The number of sulfonamides is 1. The average Bonchev–Trinajstić information content (AvgIpc) is 3.02. The molecular formula is C31H39ClN2O5S. The Labute approximate surface area is 242 Å². The summed E-state index contributed by atoms with van der Waals surface area (Å²) in [6, 6.07) is 11.4. The lowest BCUT2D eigenvalue weighted by molar-refractivity contribution is -0.0742. The maximum atomic E-state index is 13.1.